The molecule has 2 aromatic carbocycles. The SMILES string of the molecule is C/C(=N/NC(=O)CCN1C(=O)NC(C)(C)C1=O)c1ccc2c(c1)Cc1ccccc1-2. The fraction of sp³-hybridized carbons (Fsp3) is 0.304. The molecule has 4 amide bonds. The number of fused-ring (bicyclic) bond motifs is 3. The third-order valence-electron chi connectivity index (χ3n) is 5.57. The molecule has 1 aliphatic heterocycles. The predicted octanol–water partition coefficient (Wildman–Crippen LogP) is 2.82. The third kappa shape index (κ3) is 3.58. The first-order chi connectivity index (χ1) is 14.3. The van der Waals surface area contributed by atoms with E-state index in [1.165, 1.54) is 22.3 Å². The summed E-state index contributed by atoms with van der Waals surface area (Å²) in [7, 11) is 0. The lowest BCUT2D eigenvalue weighted by molar-refractivity contribution is -0.130. The van der Waals surface area contributed by atoms with Gasteiger partial charge in [-0.25, -0.2) is 10.2 Å². The summed E-state index contributed by atoms with van der Waals surface area (Å²) in [6.07, 6.45) is 0.882. The largest absolute Gasteiger partial charge is 0.325 e. The molecule has 7 nitrogen and oxygen atoms in total. The Balaban J connectivity index is 1.37. The van der Waals surface area contributed by atoms with Gasteiger partial charge >= 0.3 is 6.03 Å². The quantitative estimate of drug-likeness (QED) is 0.389. The molecule has 0 unspecified atom stereocenters. The number of rotatable bonds is 5. The van der Waals surface area contributed by atoms with E-state index in [1.54, 1.807) is 13.8 Å². The Bertz CT molecular complexity index is 1090. The number of nitrogens with zero attached hydrogens (tertiary/aromatic N) is 2. The van der Waals surface area contributed by atoms with E-state index >= 15 is 0 Å². The molecule has 2 aliphatic rings. The Labute approximate surface area is 175 Å². The molecule has 1 saturated heterocycles. The van der Waals surface area contributed by atoms with Gasteiger partial charge in [0.25, 0.3) is 5.91 Å². The van der Waals surface area contributed by atoms with Crippen LogP contribution >= 0.6 is 0 Å². The van der Waals surface area contributed by atoms with Crippen LogP contribution in [-0.2, 0) is 16.0 Å². The van der Waals surface area contributed by atoms with Crippen molar-refractivity contribution in [2.24, 2.45) is 5.10 Å². The lowest BCUT2D eigenvalue weighted by Crippen LogP contribution is -2.40. The summed E-state index contributed by atoms with van der Waals surface area (Å²) in [6.45, 7) is 5.13. The smallest absolute Gasteiger partial charge is 0.324 e. The van der Waals surface area contributed by atoms with Gasteiger partial charge in [-0.15, -0.1) is 0 Å². The van der Waals surface area contributed by atoms with Crippen LogP contribution in [0.5, 0.6) is 0 Å². The van der Waals surface area contributed by atoms with Gasteiger partial charge in [-0.3, -0.25) is 14.5 Å². The minimum absolute atomic E-state index is 0.00842. The summed E-state index contributed by atoms with van der Waals surface area (Å²) < 4.78 is 0. The lowest BCUT2D eigenvalue weighted by atomic mass is 10.0. The van der Waals surface area contributed by atoms with Crippen molar-refractivity contribution >= 4 is 23.6 Å². The van der Waals surface area contributed by atoms with Crippen LogP contribution in [0.2, 0.25) is 0 Å². The minimum atomic E-state index is -0.935. The Morgan fingerprint density at radius 3 is 2.60 bits per heavy atom. The van der Waals surface area contributed by atoms with Crippen molar-refractivity contribution in [3.05, 3.63) is 59.2 Å². The van der Waals surface area contributed by atoms with Gasteiger partial charge in [-0.2, -0.15) is 5.10 Å². The van der Waals surface area contributed by atoms with E-state index in [0.29, 0.717) is 5.71 Å². The predicted molar refractivity (Wildman–Crippen MR) is 114 cm³/mol. The summed E-state index contributed by atoms with van der Waals surface area (Å²) in [5.74, 6) is -0.688. The molecule has 0 spiro atoms. The topological polar surface area (TPSA) is 90.9 Å². The van der Waals surface area contributed by atoms with E-state index in [1.807, 2.05) is 25.1 Å². The summed E-state index contributed by atoms with van der Waals surface area (Å²) in [4.78, 5) is 37.3. The number of nitrogens with one attached hydrogen (secondary N) is 2. The first kappa shape index (κ1) is 19.8. The van der Waals surface area contributed by atoms with Crippen LogP contribution in [0.1, 0.15) is 43.9 Å². The zero-order valence-corrected chi connectivity index (χ0v) is 17.3. The number of carbonyl (C=O) groups is 3. The van der Waals surface area contributed by atoms with Crippen LogP contribution in [0.25, 0.3) is 11.1 Å². The number of hydrazone groups is 1. The second-order valence-electron chi connectivity index (χ2n) is 8.20. The van der Waals surface area contributed by atoms with Gasteiger partial charge in [-0.1, -0.05) is 36.4 Å². The molecule has 0 aromatic heterocycles. The third-order valence-corrected chi connectivity index (χ3v) is 5.57. The molecule has 1 heterocycles. The molecule has 154 valence electrons. The Kier molecular flexibility index (Phi) is 4.89. The molecular formula is C23H24N4O3. The molecular weight excluding hydrogens is 380 g/mol. The maximum absolute atomic E-state index is 12.2. The van der Waals surface area contributed by atoms with Crippen LogP contribution in [0, 0.1) is 0 Å². The van der Waals surface area contributed by atoms with Gasteiger partial charge in [0.05, 0.1) is 5.71 Å². The summed E-state index contributed by atoms with van der Waals surface area (Å²) >= 11 is 0. The number of carbonyl (C=O) groups excluding carboxylic acids is 3. The molecule has 0 atom stereocenters. The van der Waals surface area contributed by atoms with E-state index in [9.17, 15) is 14.4 Å². The van der Waals surface area contributed by atoms with Crippen LogP contribution in [0.3, 0.4) is 0 Å². The summed E-state index contributed by atoms with van der Waals surface area (Å²) in [5.41, 5.74) is 8.29. The fourth-order valence-corrected chi connectivity index (χ4v) is 3.87. The highest BCUT2D eigenvalue weighted by Gasteiger charge is 2.43. The molecule has 2 N–H and O–H groups in total. The lowest BCUT2D eigenvalue weighted by Gasteiger charge is -2.15. The van der Waals surface area contributed by atoms with Gasteiger partial charge in [0.15, 0.2) is 0 Å². The Hall–Kier alpha value is -3.48. The molecule has 0 bridgehead atoms. The van der Waals surface area contributed by atoms with Crippen molar-refractivity contribution < 1.29 is 14.4 Å². The molecule has 0 saturated carbocycles. The molecule has 4 rings (SSSR count). The average Bonchev–Trinajstić information content (AvgIpc) is 3.17. The number of amides is 4. The maximum Gasteiger partial charge on any atom is 0.325 e. The first-order valence-electron chi connectivity index (χ1n) is 9.95. The average molecular weight is 404 g/mol. The van der Waals surface area contributed by atoms with Gasteiger partial charge in [0.2, 0.25) is 5.91 Å². The molecule has 2 aromatic rings. The van der Waals surface area contributed by atoms with E-state index in [0.717, 1.165) is 16.9 Å². The number of imide groups is 1. The maximum atomic E-state index is 12.2. The van der Waals surface area contributed by atoms with Crippen molar-refractivity contribution in [2.75, 3.05) is 6.54 Å². The van der Waals surface area contributed by atoms with E-state index in [2.05, 4.69) is 40.1 Å². The van der Waals surface area contributed by atoms with E-state index in [4.69, 9.17) is 0 Å². The standard InChI is InChI=1S/C23H24N4O3/c1-14(15-8-9-19-17(12-15)13-16-6-4-5-7-18(16)19)25-26-20(28)10-11-27-21(29)23(2,3)24-22(27)30/h4-9,12H,10-11,13H2,1-3H3,(H,24,30)(H,26,28)/b25-14-. The van der Waals surface area contributed by atoms with Gasteiger partial charge in [-0.05, 0) is 61.1 Å². The van der Waals surface area contributed by atoms with Gasteiger partial charge in [0, 0.05) is 13.0 Å². The van der Waals surface area contributed by atoms with Crippen molar-refractivity contribution in [1.29, 1.82) is 0 Å². The number of benzene rings is 2. The second kappa shape index (κ2) is 7.40. The second-order valence-corrected chi connectivity index (χ2v) is 8.20. The van der Waals surface area contributed by atoms with Crippen molar-refractivity contribution in [2.45, 2.75) is 39.2 Å². The summed E-state index contributed by atoms with van der Waals surface area (Å²) in [6, 6.07) is 14.1. The Morgan fingerprint density at radius 2 is 1.87 bits per heavy atom. The van der Waals surface area contributed by atoms with Crippen molar-refractivity contribution in [1.82, 2.24) is 15.6 Å². The number of hydrogen-bond donors (Lipinski definition) is 2. The van der Waals surface area contributed by atoms with Crippen LogP contribution in [0.15, 0.2) is 47.6 Å². The van der Waals surface area contributed by atoms with Gasteiger partial charge < -0.3 is 5.32 Å². The number of hydrogen-bond acceptors (Lipinski definition) is 4. The van der Waals surface area contributed by atoms with E-state index in [-0.39, 0.29) is 24.8 Å². The van der Waals surface area contributed by atoms with E-state index < -0.39 is 11.6 Å². The molecule has 0 radical (unpaired) electrons. The van der Waals surface area contributed by atoms with Crippen LogP contribution in [0.4, 0.5) is 4.79 Å². The van der Waals surface area contributed by atoms with Crippen LogP contribution < -0.4 is 10.7 Å². The highest BCUT2D eigenvalue weighted by molar-refractivity contribution is 6.06. The molecule has 1 aliphatic carbocycles. The highest BCUT2D eigenvalue weighted by Crippen LogP contribution is 2.36. The fourth-order valence-electron chi connectivity index (χ4n) is 3.87. The Morgan fingerprint density at radius 1 is 1.13 bits per heavy atom. The zero-order chi connectivity index (χ0) is 21.5. The highest BCUT2D eigenvalue weighted by atomic mass is 16.2. The minimum Gasteiger partial charge on any atom is -0.324 e. The molecule has 1 fully saturated rings. The zero-order valence-electron chi connectivity index (χ0n) is 17.3. The van der Waals surface area contributed by atoms with Gasteiger partial charge in [0.1, 0.15) is 5.54 Å². The molecule has 30 heavy (non-hydrogen) atoms. The van der Waals surface area contributed by atoms with Crippen molar-refractivity contribution in [3.63, 3.8) is 0 Å². The summed E-state index contributed by atoms with van der Waals surface area (Å²) in [5, 5.41) is 6.79. The van der Waals surface area contributed by atoms with Crippen LogP contribution in [-0.4, -0.2) is 40.5 Å². The monoisotopic (exact) mass is 404 g/mol. The van der Waals surface area contributed by atoms with Crippen molar-refractivity contribution in [3.8, 4) is 11.1 Å². The first-order valence-corrected chi connectivity index (χ1v) is 9.95. The number of urea groups is 1. The molecule has 7 heteroatoms. The normalized spacial score (nSPS) is 16.9.